The van der Waals surface area contributed by atoms with Crippen molar-refractivity contribution >= 4 is 23.2 Å². The molecule has 0 aliphatic carbocycles. The van der Waals surface area contributed by atoms with Gasteiger partial charge in [-0.15, -0.1) is 11.3 Å². The molecule has 8 heteroatoms. The van der Waals surface area contributed by atoms with Crippen LogP contribution in [0.2, 0.25) is 0 Å². The molecule has 1 aromatic carbocycles. The molecule has 0 radical (unpaired) electrons. The number of halogens is 1. The fraction of sp³-hybridized carbons (Fsp3) is 0.312. The molecule has 6 nitrogen and oxygen atoms in total. The Morgan fingerprint density at radius 1 is 1.38 bits per heavy atom. The maximum absolute atomic E-state index is 13.0. The van der Waals surface area contributed by atoms with E-state index in [1.807, 2.05) is 0 Å². The molecule has 1 fully saturated rings. The summed E-state index contributed by atoms with van der Waals surface area (Å²) < 4.78 is 18.2. The fourth-order valence-electron chi connectivity index (χ4n) is 2.44. The Kier molecular flexibility index (Phi) is 4.59. The van der Waals surface area contributed by atoms with Crippen LogP contribution in [0.15, 0.2) is 24.3 Å². The van der Waals surface area contributed by atoms with E-state index in [0.29, 0.717) is 22.1 Å². The molecule has 1 saturated heterocycles. The molecule has 2 heterocycles. The fourth-order valence-corrected chi connectivity index (χ4v) is 3.48. The van der Waals surface area contributed by atoms with Crippen molar-refractivity contribution in [3.8, 4) is 10.6 Å². The van der Waals surface area contributed by atoms with Crippen molar-refractivity contribution in [2.75, 3.05) is 19.7 Å². The van der Waals surface area contributed by atoms with Crippen LogP contribution in [-0.4, -0.2) is 52.7 Å². The van der Waals surface area contributed by atoms with Crippen LogP contribution in [0.3, 0.4) is 0 Å². The van der Waals surface area contributed by atoms with Crippen molar-refractivity contribution in [2.45, 2.75) is 13.0 Å². The average Bonchev–Trinajstić information content (AvgIpc) is 2.96. The van der Waals surface area contributed by atoms with E-state index in [1.165, 1.54) is 28.4 Å². The molecule has 1 amide bonds. The van der Waals surface area contributed by atoms with Gasteiger partial charge in [0.05, 0.1) is 18.8 Å². The summed E-state index contributed by atoms with van der Waals surface area (Å²) >= 11 is 1.22. The molecule has 126 valence electrons. The van der Waals surface area contributed by atoms with Crippen LogP contribution >= 0.6 is 11.3 Å². The van der Waals surface area contributed by atoms with Gasteiger partial charge >= 0.3 is 5.97 Å². The summed E-state index contributed by atoms with van der Waals surface area (Å²) in [5.74, 6) is -1.68. The Morgan fingerprint density at radius 3 is 2.75 bits per heavy atom. The number of morpholine rings is 1. The number of aryl methyl sites for hydroxylation is 1. The Bertz CT molecular complexity index is 775. The quantitative estimate of drug-likeness (QED) is 0.918. The summed E-state index contributed by atoms with van der Waals surface area (Å²) in [6.45, 7) is 2.26. The number of aliphatic carboxylic acids is 1. The molecular formula is C16H15FN2O4S. The highest BCUT2D eigenvalue weighted by Crippen LogP contribution is 2.29. The van der Waals surface area contributed by atoms with Crippen LogP contribution in [-0.2, 0) is 9.53 Å². The van der Waals surface area contributed by atoms with Crippen molar-refractivity contribution in [1.82, 2.24) is 9.88 Å². The summed E-state index contributed by atoms with van der Waals surface area (Å²) in [5.41, 5.74) is 1.30. The van der Waals surface area contributed by atoms with E-state index in [0.717, 1.165) is 5.56 Å². The van der Waals surface area contributed by atoms with E-state index in [4.69, 9.17) is 9.84 Å². The first-order chi connectivity index (χ1) is 11.5. The number of carbonyl (C=O) groups is 2. The van der Waals surface area contributed by atoms with Crippen LogP contribution in [0.5, 0.6) is 0 Å². The third-order valence-corrected chi connectivity index (χ3v) is 4.91. The van der Waals surface area contributed by atoms with Crippen molar-refractivity contribution in [3.05, 3.63) is 40.7 Å². The number of carboxylic acids is 1. The number of thiazole rings is 1. The number of ether oxygens (including phenoxy) is 1. The molecule has 0 spiro atoms. The van der Waals surface area contributed by atoms with Gasteiger partial charge in [-0.2, -0.15) is 0 Å². The zero-order valence-electron chi connectivity index (χ0n) is 12.9. The van der Waals surface area contributed by atoms with Gasteiger partial charge in [0.15, 0.2) is 6.10 Å². The molecule has 2 aromatic rings. The highest BCUT2D eigenvalue weighted by atomic mass is 32.1. The molecule has 1 N–H and O–H groups in total. The number of aromatic nitrogens is 1. The molecular weight excluding hydrogens is 335 g/mol. The zero-order chi connectivity index (χ0) is 17.3. The minimum atomic E-state index is -1.08. The van der Waals surface area contributed by atoms with Gasteiger partial charge in [0.1, 0.15) is 15.7 Å². The van der Waals surface area contributed by atoms with Gasteiger partial charge in [-0.05, 0) is 31.2 Å². The van der Waals surface area contributed by atoms with E-state index in [-0.39, 0.29) is 24.9 Å². The summed E-state index contributed by atoms with van der Waals surface area (Å²) in [7, 11) is 0. The van der Waals surface area contributed by atoms with Crippen LogP contribution in [0, 0.1) is 12.7 Å². The second kappa shape index (κ2) is 6.66. The first kappa shape index (κ1) is 16.5. The molecule has 1 aromatic heterocycles. The monoisotopic (exact) mass is 350 g/mol. The van der Waals surface area contributed by atoms with Gasteiger partial charge in [-0.3, -0.25) is 4.79 Å². The van der Waals surface area contributed by atoms with E-state index in [9.17, 15) is 14.0 Å². The number of carbonyl (C=O) groups excluding carboxylic acids is 1. The lowest BCUT2D eigenvalue weighted by Gasteiger charge is -2.30. The number of rotatable bonds is 3. The molecule has 1 unspecified atom stereocenters. The average molecular weight is 350 g/mol. The second-order valence-electron chi connectivity index (χ2n) is 5.39. The minimum Gasteiger partial charge on any atom is -0.479 e. The van der Waals surface area contributed by atoms with Gasteiger partial charge in [0, 0.05) is 12.1 Å². The van der Waals surface area contributed by atoms with Crippen molar-refractivity contribution < 1.29 is 23.8 Å². The number of carboxylic acid groups (broad SMARTS) is 1. The largest absolute Gasteiger partial charge is 0.479 e. The Hall–Kier alpha value is -2.32. The molecule has 1 aliphatic rings. The summed E-state index contributed by atoms with van der Waals surface area (Å²) in [4.78, 5) is 30.0. The van der Waals surface area contributed by atoms with Crippen LogP contribution in [0.4, 0.5) is 4.39 Å². The number of hydrogen-bond donors (Lipinski definition) is 1. The Labute approximate surface area is 141 Å². The van der Waals surface area contributed by atoms with Crippen molar-refractivity contribution in [3.63, 3.8) is 0 Å². The van der Waals surface area contributed by atoms with Crippen LogP contribution in [0.25, 0.3) is 10.6 Å². The second-order valence-corrected chi connectivity index (χ2v) is 6.39. The van der Waals surface area contributed by atoms with Gasteiger partial charge in [0.2, 0.25) is 0 Å². The molecule has 1 atom stereocenters. The third-order valence-electron chi connectivity index (χ3n) is 3.71. The van der Waals surface area contributed by atoms with E-state index < -0.39 is 12.1 Å². The maximum Gasteiger partial charge on any atom is 0.334 e. The van der Waals surface area contributed by atoms with E-state index in [2.05, 4.69) is 4.98 Å². The molecule has 0 saturated carbocycles. The lowest BCUT2D eigenvalue weighted by molar-refractivity contribution is -0.154. The standard InChI is InChI=1S/C16H15FN2O4S/c1-9-13(15(20)19-6-7-23-12(8-19)16(21)22)24-14(18-9)10-2-4-11(17)5-3-10/h2-5,12H,6-8H2,1H3,(H,21,22). The SMILES string of the molecule is Cc1nc(-c2ccc(F)cc2)sc1C(=O)N1CCOC(C(=O)O)C1. The van der Waals surface area contributed by atoms with Gasteiger partial charge < -0.3 is 14.7 Å². The lowest BCUT2D eigenvalue weighted by atomic mass is 10.2. The predicted molar refractivity (Wildman–Crippen MR) is 85.5 cm³/mol. The van der Waals surface area contributed by atoms with Crippen LogP contribution < -0.4 is 0 Å². The number of benzene rings is 1. The third kappa shape index (κ3) is 3.29. The highest BCUT2D eigenvalue weighted by Gasteiger charge is 2.31. The van der Waals surface area contributed by atoms with Crippen molar-refractivity contribution in [1.29, 1.82) is 0 Å². The molecule has 3 rings (SSSR count). The zero-order valence-corrected chi connectivity index (χ0v) is 13.7. The van der Waals surface area contributed by atoms with Crippen LogP contribution in [0.1, 0.15) is 15.4 Å². The van der Waals surface area contributed by atoms with E-state index >= 15 is 0 Å². The predicted octanol–water partition coefficient (Wildman–Crippen LogP) is 2.18. The molecule has 0 bridgehead atoms. The Morgan fingerprint density at radius 2 is 2.08 bits per heavy atom. The number of amides is 1. The lowest BCUT2D eigenvalue weighted by Crippen LogP contribution is -2.48. The van der Waals surface area contributed by atoms with E-state index in [1.54, 1.807) is 19.1 Å². The Balaban J connectivity index is 1.83. The summed E-state index contributed by atoms with van der Waals surface area (Å²) in [6.07, 6.45) is -1.01. The normalized spacial score (nSPS) is 17.8. The maximum atomic E-state index is 13.0. The summed E-state index contributed by atoms with van der Waals surface area (Å²) in [6, 6.07) is 5.90. The first-order valence-electron chi connectivity index (χ1n) is 7.33. The topological polar surface area (TPSA) is 79.7 Å². The minimum absolute atomic E-state index is 0.0113. The number of hydrogen-bond acceptors (Lipinski definition) is 5. The molecule has 24 heavy (non-hydrogen) atoms. The summed E-state index contributed by atoms with van der Waals surface area (Å²) in [5, 5.41) is 9.66. The molecule has 1 aliphatic heterocycles. The number of nitrogens with zero attached hydrogens (tertiary/aromatic N) is 2. The highest BCUT2D eigenvalue weighted by molar-refractivity contribution is 7.17. The van der Waals surface area contributed by atoms with Gasteiger partial charge in [0.25, 0.3) is 5.91 Å². The first-order valence-corrected chi connectivity index (χ1v) is 8.14. The van der Waals surface area contributed by atoms with Gasteiger partial charge in [-0.1, -0.05) is 0 Å². The van der Waals surface area contributed by atoms with Gasteiger partial charge in [-0.25, -0.2) is 14.2 Å². The smallest absolute Gasteiger partial charge is 0.334 e. The van der Waals surface area contributed by atoms with Crippen molar-refractivity contribution in [2.24, 2.45) is 0 Å².